The molecule has 1 atom stereocenters. The summed E-state index contributed by atoms with van der Waals surface area (Å²) in [6.45, 7) is 0. The lowest BCUT2D eigenvalue weighted by Gasteiger charge is -2.15. The molecule has 6 heteroatoms. The van der Waals surface area contributed by atoms with Gasteiger partial charge in [0.2, 0.25) is 0 Å². The van der Waals surface area contributed by atoms with Crippen LogP contribution in [-0.2, 0) is 0 Å². The van der Waals surface area contributed by atoms with Crippen LogP contribution >= 0.6 is 27.5 Å². The van der Waals surface area contributed by atoms with E-state index in [0.29, 0.717) is 15.1 Å². The summed E-state index contributed by atoms with van der Waals surface area (Å²) in [6.07, 6.45) is -1.45. The van der Waals surface area contributed by atoms with Crippen LogP contribution in [0.4, 0.5) is 8.78 Å². The lowest BCUT2D eigenvalue weighted by Crippen LogP contribution is -2.06. The van der Waals surface area contributed by atoms with Gasteiger partial charge < -0.3 is 9.84 Å². The zero-order chi connectivity index (χ0) is 14.9. The molecule has 0 aliphatic carbocycles. The van der Waals surface area contributed by atoms with Gasteiger partial charge in [0.1, 0.15) is 23.5 Å². The molecule has 106 valence electrons. The number of hydrogen-bond acceptors (Lipinski definition) is 2. The highest BCUT2D eigenvalue weighted by Crippen LogP contribution is 2.32. The van der Waals surface area contributed by atoms with E-state index in [1.807, 2.05) is 0 Å². The first-order valence-electron chi connectivity index (χ1n) is 5.60. The van der Waals surface area contributed by atoms with Crippen LogP contribution in [0.15, 0.2) is 34.8 Å². The molecule has 0 heterocycles. The molecule has 0 amide bonds. The van der Waals surface area contributed by atoms with Gasteiger partial charge in [0.25, 0.3) is 0 Å². The van der Waals surface area contributed by atoms with Gasteiger partial charge in [0.05, 0.1) is 17.7 Å². The van der Waals surface area contributed by atoms with Crippen LogP contribution in [0.25, 0.3) is 0 Å². The Morgan fingerprint density at radius 3 is 2.30 bits per heavy atom. The highest BCUT2D eigenvalue weighted by Gasteiger charge is 2.21. The van der Waals surface area contributed by atoms with Crippen molar-refractivity contribution in [2.45, 2.75) is 6.10 Å². The third kappa shape index (κ3) is 2.95. The normalized spacial score (nSPS) is 12.3. The number of methoxy groups -OCH3 is 1. The van der Waals surface area contributed by atoms with Crippen LogP contribution in [-0.4, -0.2) is 12.2 Å². The molecule has 2 nitrogen and oxygen atoms in total. The molecule has 2 rings (SSSR count). The maximum Gasteiger partial charge on any atom is 0.135 e. The molecule has 2 aromatic carbocycles. The molecular formula is C14H10BrClF2O2. The van der Waals surface area contributed by atoms with E-state index in [1.54, 1.807) is 6.07 Å². The van der Waals surface area contributed by atoms with Crippen LogP contribution < -0.4 is 4.74 Å². The van der Waals surface area contributed by atoms with Gasteiger partial charge in [-0.2, -0.15) is 0 Å². The number of ether oxygens (including phenoxy) is 1. The van der Waals surface area contributed by atoms with Gasteiger partial charge >= 0.3 is 0 Å². The second-order valence-electron chi connectivity index (χ2n) is 4.08. The molecule has 0 radical (unpaired) electrons. The molecule has 0 bridgehead atoms. The molecule has 1 N–H and O–H groups in total. The van der Waals surface area contributed by atoms with Crippen LogP contribution in [0.5, 0.6) is 5.75 Å². The van der Waals surface area contributed by atoms with E-state index in [9.17, 15) is 13.9 Å². The predicted octanol–water partition coefficient (Wildman–Crippen LogP) is 4.47. The first kappa shape index (κ1) is 15.2. The second kappa shape index (κ2) is 6.08. The maximum absolute atomic E-state index is 13.9. The number of halogens is 4. The highest BCUT2D eigenvalue weighted by atomic mass is 79.9. The molecule has 0 aromatic heterocycles. The second-order valence-corrected chi connectivity index (χ2v) is 5.34. The Hall–Kier alpha value is -1.17. The van der Waals surface area contributed by atoms with Crippen molar-refractivity contribution in [1.82, 2.24) is 0 Å². The van der Waals surface area contributed by atoms with E-state index >= 15 is 0 Å². The van der Waals surface area contributed by atoms with Gasteiger partial charge in [0, 0.05) is 16.6 Å². The summed E-state index contributed by atoms with van der Waals surface area (Å²) in [5.74, 6) is -1.72. The molecule has 0 aliphatic rings. The zero-order valence-corrected chi connectivity index (χ0v) is 12.7. The lowest BCUT2D eigenvalue weighted by atomic mass is 10.0. The molecule has 0 saturated heterocycles. The van der Waals surface area contributed by atoms with Gasteiger partial charge in [-0.1, -0.05) is 17.7 Å². The van der Waals surface area contributed by atoms with Gasteiger partial charge in [-0.05, 0) is 33.6 Å². The van der Waals surface area contributed by atoms with Gasteiger partial charge in [-0.3, -0.25) is 0 Å². The van der Waals surface area contributed by atoms with Crippen molar-refractivity contribution >= 4 is 27.5 Å². The Kier molecular flexibility index (Phi) is 4.62. The Morgan fingerprint density at radius 2 is 1.80 bits per heavy atom. The van der Waals surface area contributed by atoms with E-state index in [1.165, 1.54) is 19.2 Å². The minimum Gasteiger partial charge on any atom is -0.497 e. The average Bonchev–Trinajstić information content (AvgIpc) is 2.40. The summed E-state index contributed by atoms with van der Waals surface area (Å²) in [5, 5.41) is 10.5. The molecule has 0 aliphatic heterocycles. The van der Waals surface area contributed by atoms with E-state index < -0.39 is 23.3 Å². The van der Waals surface area contributed by atoms with Crippen LogP contribution in [0.3, 0.4) is 0 Å². The van der Waals surface area contributed by atoms with Crippen molar-refractivity contribution in [1.29, 1.82) is 0 Å². The van der Waals surface area contributed by atoms with Crippen molar-refractivity contribution in [2.24, 2.45) is 0 Å². The Balaban J connectivity index is 2.47. The zero-order valence-electron chi connectivity index (χ0n) is 10.3. The van der Waals surface area contributed by atoms with Gasteiger partial charge in [-0.25, -0.2) is 8.78 Å². The Bertz CT molecular complexity index is 626. The first-order valence-corrected chi connectivity index (χ1v) is 6.77. The summed E-state index contributed by atoms with van der Waals surface area (Å²) < 4.78 is 33.2. The lowest BCUT2D eigenvalue weighted by molar-refractivity contribution is 0.208. The Labute approximate surface area is 128 Å². The minimum atomic E-state index is -1.45. The third-order valence-electron chi connectivity index (χ3n) is 2.82. The number of hydrogen-bond donors (Lipinski definition) is 1. The quantitative estimate of drug-likeness (QED) is 0.872. The highest BCUT2D eigenvalue weighted by molar-refractivity contribution is 9.10. The number of aliphatic hydroxyl groups excluding tert-OH is 1. The van der Waals surface area contributed by atoms with E-state index in [2.05, 4.69) is 15.9 Å². The fourth-order valence-electron chi connectivity index (χ4n) is 1.79. The molecule has 0 fully saturated rings. The average molecular weight is 364 g/mol. The largest absolute Gasteiger partial charge is 0.497 e. The topological polar surface area (TPSA) is 29.5 Å². The summed E-state index contributed by atoms with van der Waals surface area (Å²) in [7, 11) is 1.30. The van der Waals surface area contributed by atoms with E-state index in [-0.39, 0.29) is 5.75 Å². The van der Waals surface area contributed by atoms with Gasteiger partial charge in [-0.15, -0.1) is 0 Å². The monoisotopic (exact) mass is 362 g/mol. The summed E-state index contributed by atoms with van der Waals surface area (Å²) in [6, 6.07) is 6.60. The Morgan fingerprint density at radius 1 is 1.20 bits per heavy atom. The fourth-order valence-corrected chi connectivity index (χ4v) is 2.22. The van der Waals surface area contributed by atoms with Crippen molar-refractivity contribution < 1.29 is 18.6 Å². The number of benzene rings is 2. The standard InChI is InChI=1S/C14H10BrClF2O2/c1-20-8-5-11(17)13(12(18)6-8)14(19)7-2-3-9(15)10(16)4-7/h2-6,14,19H,1H3. The SMILES string of the molecule is COc1cc(F)c(C(O)c2ccc(Br)c(Cl)c2)c(F)c1. The summed E-state index contributed by atoms with van der Waals surface area (Å²) >= 11 is 9.11. The van der Waals surface area contributed by atoms with E-state index in [4.69, 9.17) is 16.3 Å². The van der Waals surface area contributed by atoms with Crippen LogP contribution in [0.2, 0.25) is 5.02 Å². The maximum atomic E-state index is 13.9. The van der Waals surface area contributed by atoms with Crippen LogP contribution in [0, 0.1) is 11.6 Å². The van der Waals surface area contributed by atoms with Crippen LogP contribution in [0.1, 0.15) is 17.2 Å². The van der Waals surface area contributed by atoms with Gasteiger partial charge in [0.15, 0.2) is 0 Å². The predicted molar refractivity (Wildman–Crippen MR) is 76.1 cm³/mol. The van der Waals surface area contributed by atoms with Crippen molar-refractivity contribution in [3.05, 3.63) is 62.6 Å². The molecule has 2 aromatic rings. The molecule has 20 heavy (non-hydrogen) atoms. The molecule has 1 unspecified atom stereocenters. The molecular weight excluding hydrogens is 354 g/mol. The minimum absolute atomic E-state index is 0.0461. The van der Waals surface area contributed by atoms with Crippen molar-refractivity contribution in [3.63, 3.8) is 0 Å². The summed E-state index contributed by atoms with van der Waals surface area (Å²) in [4.78, 5) is 0. The summed E-state index contributed by atoms with van der Waals surface area (Å²) in [5.41, 5.74) is -0.148. The molecule has 0 spiro atoms. The smallest absolute Gasteiger partial charge is 0.135 e. The fraction of sp³-hybridized carbons (Fsp3) is 0.143. The first-order chi connectivity index (χ1) is 9.43. The molecule has 0 saturated carbocycles. The third-order valence-corrected chi connectivity index (χ3v) is 4.05. The number of aliphatic hydroxyl groups is 1. The number of rotatable bonds is 3. The van der Waals surface area contributed by atoms with Crippen molar-refractivity contribution in [2.75, 3.05) is 7.11 Å². The van der Waals surface area contributed by atoms with E-state index in [0.717, 1.165) is 12.1 Å². The van der Waals surface area contributed by atoms with Crippen molar-refractivity contribution in [3.8, 4) is 5.75 Å².